The summed E-state index contributed by atoms with van der Waals surface area (Å²) < 4.78 is 4.93. The molecule has 0 unspecified atom stereocenters. The average molecular weight is 305 g/mol. The number of esters is 1. The highest BCUT2D eigenvalue weighted by Gasteiger charge is 2.24. The number of halogens is 1. The molecule has 1 aromatic heterocycles. The highest BCUT2D eigenvalue weighted by Crippen LogP contribution is 2.26. The predicted octanol–water partition coefficient (Wildman–Crippen LogP) is 1.09. The Kier molecular flexibility index (Phi) is 4.55. The van der Waals surface area contributed by atoms with Crippen molar-refractivity contribution in [1.82, 2.24) is 4.98 Å². The topological polar surface area (TPSA) is 90.8 Å². The monoisotopic (exact) mass is 304 g/mol. The van der Waals surface area contributed by atoms with Crippen molar-refractivity contribution in [3.63, 3.8) is 0 Å². The maximum atomic E-state index is 11.9. The van der Waals surface area contributed by atoms with Gasteiger partial charge in [0.15, 0.2) is 0 Å². The summed E-state index contributed by atoms with van der Waals surface area (Å²) in [6.45, 7) is 1.95. The van der Waals surface area contributed by atoms with Crippen LogP contribution in [0, 0.1) is 0 Å². The first-order valence-electron chi connectivity index (χ1n) is 6.35. The molecule has 0 bridgehead atoms. The van der Waals surface area contributed by atoms with Crippen molar-refractivity contribution in [2.75, 3.05) is 12.3 Å². The normalized spacial score (nSPS) is 10.2. The molecule has 2 rings (SSSR count). The lowest BCUT2D eigenvalue weighted by atomic mass is 10.0. The zero-order chi connectivity index (χ0) is 15.4. The minimum absolute atomic E-state index is 0.140. The molecule has 21 heavy (non-hydrogen) atoms. The van der Waals surface area contributed by atoms with E-state index in [0.717, 1.165) is 5.56 Å². The van der Waals surface area contributed by atoms with E-state index in [1.165, 1.54) is 6.20 Å². The molecule has 0 saturated heterocycles. The lowest BCUT2D eigenvalue weighted by Crippen LogP contribution is -2.42. The van der Waals surface area contributed by atoms with Gasteiger partial charge in [0.2, 0.25) is 5.71 Å². The molecule has 0 fully saturated rings. The van der Waals surface area contributed by atoms with E-state index in [4.69, 9.17) is 27.5 Å². The number of carbonyl (C=O) groups is 1. The quantitative estimate of drug-likeness (QED) is 0.653. The van der Waals surface area contributed by atoms with E-state index in [1.54, 1.807) is 6.92 Å². The van der Waals surface area contributed by atoms with E-state index in [9.17, 15) is 4.79 Å². The minimum Gasteiger partial charge on any atom is -0.462 e. The van der Waals surface area contributed by atoms with Gasteiger partial charge in [0.05, 0.1) is 17.2 Å². The SMILES string of the molecule is CCOC(=O)c1cnc(N)c(C(=[NH2+])c2ccccc2)c1Cl. The van der Waals surface area contributed by atoms with E-state index in [1.807, 2.05) is 30.3 Å². The van der Waals surface area contributed by atoms with Crippen molar-refractivity contribution in [1.29, 1.82) is 0 Å². The summed E-state index contributed by atoms with van der Waals surface area (Å²) in [5, 5.41) is 6.26. The zero-order valence-electron chi connectivity index (χ0n) is 11.5. The number of benzene rings is 1. The first-order valence-corrected chi connectivity index (χ1v) is 6.73. The second kappa shape index (κ2) is 6.37. The van der Waals surface area contributed by atoms with E-state index in [0.29, 0.717) is 11.3 Å². The number of hydrogen-bond donors (Lipinski definition) is 2. The number of hydrogen-bond acceptors (Lipinski definition) is 4. The number of rotatable bonds is 4. The van der Waals surface area contributed by atoms with Crippen LogP contribution in [0.25, 0.3) is 0 Å². The van der Waals surface area contributed by atoms with Gasteiger partial charge in [-0.3, -0.25) is 5.41 Å². The lowest BCUT2D eigenvalue weighted by molar-refractivity contribution is -0.111. The maximum absolute atomic E-state index is 11.9. The molecule has 0 atom stereocenters. The summed E-state index contributed by atoms with van der Waals surface area (Å²) in [6.07, 6.45) is 1.29. The second-order valence-electron chi connectivity index (χ2n) is 4.25. The van der Waals surface area contributed by atoms with Crippen LogP contribution >= 0.6 is 11.6 Å². The van der Waals surface area contributed by atoms with Crippen molar-refractivity contribution in [3.05, 3.63) is 58.2 Å². The van der Waals surface area contributed by atoms with Gasteiger partial charge >= 0.3 is 5.97 Å². The molecule has 1 aromatic carbocycles. The molecule has 108 valence electrons. The van der Waals surface area contributed by atoms with Crippen LogP contribution in [0.4, 0.5) is 5.82 Å². The van der Waals surface area contributed by atoms with E-state index in [2.05, 4.69) is 4.98 Å². The Balaban J connectivity index is 2.51. The fourth-order valence-electron chi connectivity index (χ4n) is 1.87. The first kappa shape index (κ1) is 15.0. The summed E-state index contributed by atoms with van der Waals surface area (Å²) >= 11 is 6.27. The third kappa shape index (κ3) is 3.03. The molecule has 6 heteroatoms. The van der Waals surface area contributed by atoms with Gasteiger partial charge in [-0.05, 0) is 19.1 Å². The van der Waals surface area contributed by atoms with Gasteiger partial charge in [-0.1, -0.05) is 29.8 Å². The average Bonchev–Trinajstić information content (AvgIpc) is 2.48. The summed E-state index contributed by atoms with van der Waals surface area (Å²) in [5.41, 5.74) is 7.44. The van der Waals surface area contributed by atoms with Gasteiger partial charge in [0.1, 0.15) is 11.4 Å². The Morgan fingerprint density at radius 1 is 1.38 bits per heavy atom. The first-order chi connectivity index (χ1) is 10.1. The largest absolute Gasteiger partial charge is 0.462 e. The number of aromatic nitrogens is 1. The third-order valence-corrected chi connectivity index (χ3v) is 3.29. The number of anilines is 1. The highest BCUT2D eigenvalue weighted by atomic mass is 35.5. The van der Waals surface area contributed by atoms with E-state index < -0.39 is 5.97 Å². The Bertz CT molecular complexity index is 687. The Morgan fingerprint density at radius 3 is 2.67 bits per heavy atom. The molecule has 2 aromatic rings. The van der Waals surface area contributed by atoms with Crippen molar-refractivity contribution in [2.24, 2.45) is 0 Å². The minimum atomic E-state index is -0.558. The van der Waals surface area contributed by atoms with Crippen molar-refractivity contribution in [2.45, 2.75) is 6.92 Å². The molecular weight excluding hydrogens is 290 g/mol. The number of ether oxygens (including phenoxy) is 1. The Hall–Kier alpha value is -2.40. The van der Waals surface area contributed by atoms with Gasteiger partial charge in [-0.25, -0.2) is 9.78 Å². The summed E-state index contributed by atoms with van der Waals surface area (Å²) in [7, 11) is 0. The fraction of sp³-hybridized carbons (Fsp3) is 0.133. The fourth-order valence-corrected chi connectivity index (χ4v) is 2.20. The lowest BCUT2D eigenvalue weighted by Gasteiger charge is -2.09. The molecule has 5 nitrogen and oxygen atoms in total. The van der Waals surface area contributed by atoms with Crippen LogP contribution in [0.15, 0.2) is 36.5 Å². The third-order valence-electron chi connectivity index (χ3n) is 2.89. The van der Waals surface area contributed by atoms with Gasteiger partial charge in [-0.15, -0.1) is 0 Å². The van der Waals surface area contributed by atoms with Crippen LogP contribution in [0.1, 0.15) is 28.4 Å². The highest BCUT2D eigenvalue weighted by molar-refractivity contribution is 6.38. The Morgan fingerprint density at radius 2 is 2.05 bits per heavy atom. The summed E-state index contributed by atoms with van der Waals surface area (Å²) in [5.74, 6) is -0.397. The molecule has 0 spiro atoms. The number of nitrogens with zero attached hydrogens (tertiary/aromatic N) is 1. The Labute approximate surface area is 127 Å². The molecule has 0 amide bonds. The predicted molar refractivity (Wildman–Crippen MR) is 81.2 cm³/mol. The van der Waals surface area contributed by atoms with Crippen molar-refractivity contribution in [3.8, 4) is 0 Å². The summed E-state index contributed by atoms with van der Waals surface area (Å²) in [6, 6.07) is 9.20. The zero-order valence-corrected chi connectivity index (χ0v) is 12.2. The summed E-state index contributed by atoms with van der Waals surface area (Å²) in [4.78, 5) is 15.8. The molecule has 1 heterocycles. The maximum Gasteiger partial charge on any atom is 0.341 e. The standard InChI is InChI=1S/C15H14ClN3O2/c1-2-21-15(20)10-8-19-14(18)11(12(10)16)13(17)9-6-4-3-5-7-9/h3-8,17H,2H2,1H3,(H2,18,19)/p+1. The molecule has 4 N–H and O–H groups in total. The molecular formula is C15H15ClN3O2+. The molecule has 0 aliphatic carbocycles. The number of carbonyl (C=O) groups excluding carboxylic acids is 1. The number of nitrogens with two attached hydrogens (primary N) is 2. The van der Waals surface area contributed by atoms with Crippen molar-refractivity contribution < 1.29 is 14.9 Å². The molecule has 0 aliphatic heterocycles. The number of nitrogen functional groups attached to an aromatic ring is 1. The van der Waals surface area contributed by atoms with Crippen LogP contribution in [-0.2, 0) is 4.74 Å². The van der Waals surface area contributed by atoms with Gasteiger partial charge in [0.25, 0.3) is 0 Å². The van der Waals surface area contributed by atoms with Crippen LogP contribution in [0.2, 0.25) is 5.02 Å². The van der Waals surface area contributed by atoms with Crippen LogP contribution in [0.3, 0.4) is 0 Å². The second-order valence-corrected chi connectivity index (χ2v) is 4.62. The van der Waals surface area contributed by atoms with E-state index in [-0.39, 0.29) is 23.0 Å². The van der Waals surface area contributed by atoms with Crippen LogP contribution in [-0.4, -0.2) is 23.3 Å². The smallest absolute Gasteiger partial charge is 0.341 e. The van der Waals surface area contributed by atoms with Crippen LogP contribution in [0.5, 0.6) is 0 Å². The molecule has 0 saturated carbocycles. The number of pyridine rings is 1. The van der Waals surface area contributed by atoms with Crippen molar-refractivity contribution >= 4 is 29.1 Å². The van der Waals surface area contributed by atoms with E-state index >= 15 is 0 Å². The van der Waals surface area contributed by atoms with Gasteiger partial charge in [-0.2, -0.15) is 0 Å². The van der Waals surface area contributed by atoms with Crippen LogP contribution < -0.4 is 11.1 Å². The van der Waals surface area contributed by atoms with Gasteiger partial charge in [0, 0.05) is 11.8 Å². The molecule has 0 radical (unpaired) electrons. The molecule has 0 aliphatic rings. The van der Waals surface area contributed by atoms with Gasteiger partial charge < -0.3 is 10.5 Å².